The van der Waals surface area contributed by atoms with Crippen molar-refractivity contribution in [2.75, 3.05) is 5.32 Å². The Hall–Kier alpha value is -1.99. The maximum Gasteiger partial charge on any atom is 0.233 e. The molecule has 0 aliphatic rings. The number of carbonyl (C=O) groups excluding carboxylic acids is 1. The van der Waals surface area contributed by atoms with Crippen LogP contribution in [0, 0.1) is 0 Å². The summed E-state index contributed by atoms with van der Waals surface area (Å²) in [5.74, 6) is 0.0539. The SMILES string of the molecule is O=C(CCCc1cccs1)Nc1nc(Cl)c2[nH]cnc2n1. The summed E-state index contributed by atoms with van der Waals surface area (Å²) in [6.07, 6.45) is 3.57. The minimum atomic E-state index is -0.127. The number of rotatable bonds is 5. The summed E-state index contributed by atoms with van der Waals surface area (Å²) < 4.78 is 0. The van der Waals surface area contributed by atoms with Crippen LogP contribution in [0.5, 0.6) is 0 Å². The predicted molar refractivity (Wildman–Crippen MR) is 82.6 cm³/mol. The van der Waals surface area contributed by atoms with Gasteiger partial charge in [-0.1, -0.05) is 17.7 Å². The molecule has 0 saturated heterocycles. The van der Waals surface area contributed by atoms with Gasteiger partial charge in [-0.05, 0) is 24.3 Å². The highest BCUT2D eigenvalue weighted by atomic mass is 35.5. The predicted octanol–water partition coefficient (Wildman–Crippen LogP) is 3.03. The number of fused-ring (bicyclic) bond motifs is 1. The lowest BCUT2D eigenvalue weighted by Gasteiger charge is -2.03. The molecular formula is C13H12ClN5OS. The van der Waals surface area contributed by atoms with Crippen LogP contribution in [0.3, 0.4) is 0 Å². The summed E-state index contributed by atoms with van der Waals surface area (Å²) in [4.78, 5) is 28.1. The van der Waals surface area contributed by atoms with Crippen LogP contribution in [0.4, 0.5) is 5.95 Å². The smallest absolute Gasteiger partial charge is 0.233 e. The molecule has 0 spiro atoms. The second kappa shape index (κ2) is 6.19. The van der Waals surface area contributed by atoms with Gasteiger partial charge in [-0.3, -0.25) is 10.1 Å². The maximum absolute atomic E-state index is 11.9. The number of imidazole rings is 1. The van der Waals surface area contributed by atoms with Gasteiger partial charge in [-0.15, -0.1) is 11.3 Å². The molecule has 21 heavy (non-hydrogen) atoms. The number of aromatic nitrogens is 4. The Morgan fingerprint density at radius 2 is 2.33 bits per heavy atom. The summed E-state index contributed by atoms with van der Waals surface area (Å²) in [5.41, 5.74) is 0.997. The van der Waals surface area contributed by atoms with Gasteiger partial charge < -0.3 is 4.98 Å². The molecule has 8 heteroatoms. The molecular weight excluding hydrogens is 310 g/mol. The Kier molecular flexibility index (Phi) is 4.12. The number of nitrogens with one attached hydrogen (secondary N) is 2. The molecule has 0 aliphatic heterocycles. The summed E-state index contributed by atoms with van der Waals surface area (Å²) in [5, 5.41) is 4.92. The highest BCUT2D eigenvalue weighted by Gasteiger charge is 2.10. The molecule has 0 radical (unpaired) electrons. The van der Waals surface area contributed by atoms with E-state index in [0.717, 1.165) is 12.8 Å². The Bertz CT molecular complexity index is 755. The van der Waals surface area contributed by atoms with Gasteiger partial charge in [0.15, 0.2) is 10.8 Å². The average Bonchev–Trinajstić information content (AvgIpc) is 3.09. The lowest BCUT2D eigenvalue weighted by Crippen LogP contribution is -2.14. The minimum absolute atomic E-state index is 0.127. The number of carbonyl (C=O) groups is 1. The van der Waals surface area contributed by atoms with Crippen LogP contribution in [-0.2, 0) is 11.2 Å². The Balaban J connectivity index is 1.58. The van der Waals surface area contributed by atoms with E-state index >= 15 is 0 Å². The van der Waals surface area contributed by atoms with Crippen molar-refractivity contribution in [3.63, 3.8) is 0 Å². The monoisotopic (exact) mass is 321 g/mol. The number of aromatic amines is 1. The number of thiophene rings is 1. The van der Waals surface area contributed by atoms with E-state index in [2.05, 4.69) is 31.3 Å². The summed E-state index contributed by atoms with van der Waals surface area (Å²) >= 11 is 7.68. The van der Waals surface area contributed by atoms with Crippen LogP contribution in [0.15, 0.2) is 23.8 Å². The Morgan fingerprint density at radius 3 is 3.14 bits per heavy atom. The molecule has 0 aliphatic carbocycles. The van der Waals surface area contributed by atoms with E-state index in [4.69, 9.17) is 11.6 Å². The molecule has 3 rings (SSSR count). The van der Waals surface area contributed by atoms with Crippen molar-refractivity contribution in [3.8, 4) is 0 Å². The fraction of sp³-hybridized carbons (Fsp3) is 0.231. The number of anilines is 1. The minimum Gasteiger partial charge on any atom is -0.341 e. The van der Waals surface area contributed by atoms with Crippen LogP contribution < -0.4 is 5.32 Å². The molecule has 0 atom stereocenters. The van der Waals surface area contributed by atoms with Gasteiger partial charge in [0.05, 0.1) is 6.33 Å². The lowest BCUT2D eigenvalue weighted by atomic mass is 10.2. The van der Waals surface area contributed by atoms with Gasteiger partial charge >= 0.3 is 0 Å². The molecule has 3 heterocycles. The first kappa shape index (κ1) is 14.0. The van der Waals surface area contributed by atoms with Crippen molar-refractivity contribution in [1.29, 1.82) is 0 Å². The van der Waals surface area contributed by atoms with Crippen LogP contribution in [0.1, 0.15) is 17.7 Å². The molecule has 3 aromatic heterocycles. The first-order valence-electron chi connectivity index (χ1n) is 6.41. The van der Waals surface area contributed by atoms with Crippen molar-refractivity contribution < 1.29 is 4.79 Å². The number of hydrogen-bond acceptors (Lipinski definition) is 5. The van der Waals surface area contributed by atoms with E-state index < -0.39 is 0 Å². The number of amides is 1. The fourth-order valence-electron chi connectivity index (χ4n) is 1.92. The van der Waals surface area contributed by atoms with Gasteiger partial charge in [0, 0.05) is 11.3 Å². The zero-order valence-corrected chi connectivity index (χ0v) is 12.5. The van der Waals surface area contributed by atoms with Crippen LogP contribution in [-0.4, -0.2) is 25.8 Å². The third kappa shape index (κ3) is 3.37. The number of hydrogen-bond donors (Lipinski definition) is 2. The number of halogens is 1. The van der Waals surface area contributed by atoms with Gasteiger partial charge in [0.2, 0.25) is 11.9 Å². The first-order valence-corrected chi connectivity index (χ1v) is 7.67. The van der Waals surface area contributed by atoms with E-state index in [0.29, 0.717) is 17.6 Å². The normalized spacial score (nSPS) is 10.9. The number of H-pyrrole nitrogens is 1. The molecule has 0 unspecified atom stereocenters. The second-order valence-electron chi connectivity index (χ2n) is 4.42. The average molecular weight is 322 g/mol. The molecule has 0 saturated carbocycles. The highest BCUT2D eigenvalue weighted by molar-refractivity contribution is 7.09. The zero-order valence-electron chi connectivity index (χ0n) is 11.0. The van der Waals surface area contributed by atoms with Crippen molar-refractivity contribution in [1.82, 2.24) is 19.9 Å². The Labute approximate surface area is 129 Å². The van der Waals surface area contributed by atoms with E-state index in [9.17, 15) is 4.79 Å². The van der Waals surface area contributed by atoms with Gasteiger partial charge in [0.25, 0.3) is 0 Å². The van der Waals surface area contributed by atoms with Crippen molar-refractivity contribution in [2.24, 2.45) is 0 Å². The van der Waals surface area contributed by atoms with Gasteiger partial charge in [0.1, 0.15) is 5.52 Å². The van der Waals surface area contributed by atoms with E-state index in [1.807, 2.05) is 11.4 Å². The van der Waals surface area contributed by atoms with Gasteiger partial charge in [-0.25, -0.2) is 4.98 Å². The van der Waals surface area contributed by atoms with E-state index in [1.54, 1.807) is 11.3 Å². The topological polar surface area (TPSA) is 83.6 Å². The van der Waals surface area contributed by atoms with Crippen LogP contribution in [0.25, 0.3) is 11.2 Å². The second-order valence-corrected chi connectivity index (χ2v) is 5.81. The van der Waals surface area contributed by atoms with Crippen molar-refractivity contribution >= 4 is 46.0 Å². The van der Waals surface area contributed by atoms with Gasteiger partial charge in [-0.2, -0.15) is 9.97 Å². The van der Waals surface area contributed by atoms with Crippen molar-refractivity contribution in [3.05, 3.63) is 33.9 Å². The highest BCUT2D eigenvalue weighted by Crippen LogP contribution is 2.18. The fourth-order valence-corrected chi connectivity index (χ4v) is 2.89. The molecule has 2 N–H and O–H groups in total. The molecule has 0 fully saturated rings. The molecule has 0 aromatic carbocycles. The maximum atomic E-state index is 11.9. The molecule has 1 amide bonds. The summed E-state index contributed by atoms with van der Waals surface area (Å²) in [6.45, 7) is 0. The van der Waals surface area contributed by atoms with E-state index in [1.165, 1.54) is 11.2 Å². The summed E-state index contributed by atoms with van der Waals surface area (Å²) in [6, 6.07) is 4.08. The van der Waals surface area contributed by atoms with Crippen LogP contribution in [0.2, 0.25) is 5.15 Å². The quantitative estimate of drug-likeness (QED) is 0.707. The third-order valence-electron chi connectivity index (χ3n) is 2.90. The standard InChI is InChI=1S/C13H12ClN5OS/c14-11-10-12(16-7-15-10)19-13(18-11)17-9(20)5-1-3-8-4-2-6-21-8/h2,4,6-7H,1,3,5H2,(H2,15,16,17,18,19,20). The largest absolute Gasteiger partial charge is 0.341 e. The molecule has 108 valence electrons. The number of nitrogens with zero attached hydrogens (tertiary/aromatic N) is 3. The number of aryl methyl sites for hydroxylation is 1. The van der Waals surface area contributed by atoms with Crippen LogP contribution >= 0.6 is 22.9 Å². The molecule has 6 nitrogen and oxygen atoms in total. The third-order valence-corrected chi connectivity index (χ3v) is 4.11. The zero-order chi connectivity index (χ0) is 14.7. The molecule has 0 bridgehead atoms. The Morgan fingerprint density at radius 1 is 1.43 bits per heavy atom. The first-order chi connectivity index (χ1) is 10.2. The molecule has 3 aromatic rings. The summed E-state index contributed by atoms with van der Waals surface area (Å²) in [7, 11) is 0. The lowest BCUT2D eigenvalue weighted by molar-refractivity contribution is -0.116. The van der Waals surface area contributed by atoms with Crippen molar-refractivity contribution in [2.45, 2.75) is 19.3 Å². The van der Waals surface area contributed by atoms with E-state index in [-0.39, 0.29) is 17.0 Å².